The maximum absolute atomic E-state index is 5.92. The van der Waals surface area contributed by atoms with Crippen LogP contribution in [-0.4, -0.2) is 29.5 Å². The van der Waals surface area contributed by atoms with Crippen LogP contribution in [0.4, 0.5) is 5.82 Å². The van der Waals surface area contributed by atoms with E-state index in [1.54, 1.807) is 0 Å². The summed E-state index contributed by atoms with van der Waals surface area (Å²) in [6.45, 7) is 5.43. The van der Waals surface area contributed by atoms with Gasteiger partial charge in [0.25, 0.3) is 0 Å². The molecule has 5 heteroatoms. The number of ether oxygens (including phenoxy) is 1. The molecule has 1 N–H and O–H groups in total. The van der Waals surface area contributed by atoms with E-state index in [2.05, 4.69) is 15.5 Å². The van der Waals surface area contributed by atoms with Gasteiger partial charge in [0.05, 0.1) is 12.7 Å². The fourth-order valence-electron chi connectivity index (χ4n) is 2.37. The van der Waals surface area contributed by atoms with Crippen molar-refractivity contribution in [3.63, 3.8) is 0 Å². The van der Waals surface area contributed by atoms with Gasteiger partial charge in [-0.1, -0.05) is 30.9 Å². The minimum Gasteiger partial charge on any atom is -0.376 e. The maximum atomic E-state index is 5.92. The zero-order valence-corrected chi connectivity index (χ0v) is 12.5. The summed E-state index contributed by atoms with van der Waals surface area (Å²) in [6.07, 6.45) is 6.84. The van der Waals surface area contributed by atoms with Crippen molar-refractivity contribution in [2.75, 3.05) is 18.5 Å². The first-order valence-corrected chi connectivity index (χ1v) is 7.41. The van der Waals surface area contributed by atoms with Crippen molar-refractivity contribution in [3.05, 3.63) is 16.3 Å². The van der Waals surface area contributed by atoms with E-state index in [9.17, 15) is 0 Å². The van der Waals surface area contributed by atoms with Crippen LogP contribution in [0.25, 0.3) is 0 Å². The molecule has 19 heavy (non-hydrogen) atoms. The Morgan fingerprint density at radius 1 is 1.16 bits per heavy atom. The Morgan fingerprint density at radius 2 is 1.89 bits per heavy atom. The van der Waals surface area contributed by atoms with E-state index in [-0.39, 0.29) is 0 Å². The Balaban J connectivity index is 1.75. The van der Waals surface area contributed by atoms with Gasteiger partial charge < -0.3 is 10.1 Å². The van der Waals surface area contributed by atoms with E-state index < -0.39 is 0 Å². The first kappa shape index (κ1) is 14.5. The van der Waals surface area contributed by atoms with Gasteiger partial charge in [0.15, 0.2) is 11.0 Å². The standard InChI is InChI=1S/C14H22ClN3O/c1-10-11(2)14(18-17-13(10)15)16-8-9-19-12-6-4-3-5-7-12/h12H,3-9H2,1-2H3,(H,16,18). The van der Waals surface area contributed by atoms with Crippen LogP contribution in [0.1, 0.15) is 43.2 Å². The van der Waals surface area contributed by atoms with Gasteiger partial charge >= 0.3 is 0 Å². The smallest absolute Gasteiger partial charge is 0.155 e. The first-order chi connectivity index (χ1) is 9.18. The highest BCUT2D eigenvalue weighted by molar-refractivity contribution is 6.30. The zero-order chi connectivity index (χ0) is 13.7. The normalized spacial score (nSPS) is 16.6. The monoisotopic (exact) mass is 283 g/mol. The van der Waals surface area contributed by atoms with Gasteiger partial charge in [0, 0.05) is 6.54 Å². The molecule has 1 aromatic rings. The van der Waals surface area contributed by atoms with Crippen molar-refractivity contribution in [2.24, 2.45) is 0 Å². The number of hydrogen-bond acceptors (Lipinski definition) is 4. The minimum absolute atomic E-state index is 0.453. The predicted octanol–water partition coefficient (Wildman–Crippen LogP) is 3.51. The van der Waals surface area contributed by atoms with Gasteiger partial charge in [0.2, 0.25) is 0 Å². The summed E-state index contributed by atoms with van der Waals surface area (Å²) in [6, 6.07) is 0. The fraction of sp³-hybridized carbons (Fsp3) is 0.714. The van der Waals surface area contributed by atoms with Crippen LogP contribution < -0.4 is 5.32 Å². The van der Waals surface area contributed by atoms with Gasteiger partial charge in [-0.2, -0.15) is 0 Å². The Labute approximate surface area is 119 Å². The van der Waals surface area contributed by atoms with E-state index in [1.807, 2.05) is 13.8 Å². The highest BCUT2D eigenvalue weighted by Crippen LogP contribution is 2.21. The maximum Gasteiger partial charge on any atom is 0.155 e. The first-order valence-electron chi connectivity index (χ1n) is 7.03. The molecule has 1 aliphatic carbocycles. The molecule has 1 aromatic heterocycles. The molecule has 0 saturated heterocycles. The quantitative estimate of drug-likeness (QED) is 0.840. The Kier molecular flexibility index (Phi) is 5.40. The van der Waals surface area contributed by atoms with Gasteiger partial charge in [0.1, 0.15) is 0 Å². The second-order valence-electron chi connectivity index (χ2n) is 5.15. The third-order valence-corrected chi connectivity index (χ3v) is 4.12. The molecular weight excluding hydrogens is 262 g/mol. The minimum atomic E-state index is 0.453. The van der Waals surface area contributed by atoms with Gasteiger partial charge in [-0.3, -0.25) is 0 Å². The molecule has 4 nitrogen and oxygen atoms in total. The van der Waals surface area contributed by atoms with Crippen LogP contribution >= 0.6 is 11.6 Å². The number of nitrogens with zero attached hydrogens (tertiary/aromatic N) is 2. The molecule has 0 spiro atoms. The number of anilines is 1. The summed E-state index contributed by atoms with van der Waals surface area (Å²) < 4.78 is 5.86. The largest absolute Gasteiger partial charge is 0.376 e. The summed E-state index contributed by atoms with van der Waals surface area (Å²) in [5.41, 5.74) is 2.03. The number of aromatic nitrogens is 2. The van der Waals surface area contributed by atoms with Gasteiger partial charge in [-0.05, 0) is 37.8 Å². The van der Waals surface area contributed by atoms with E-state index in [0.29, 0.717) is 17.9 Å². The van der Waals surface area contributed by atoms with Crippen LogP contribution in [0.3, 0.4) is 0 Å². The van der Waals surface area contributed by atoms with E-state index in [1.165, 1.54) is 32.1 Å². The lowest BCUT2D eigenvalue weighted by Gasteiger charge is -2.22. The predicted molar refractivity (Wildman–Crippen MR) is 77.8 cm³/mol. The van der Waals surface area contributed by atoms with E-state index in [0.717, 1.165) is 23.5 Å². The molecule has 0 unspecified atom stereocenters. The molecule has 0 amide bonds. The Bertz CT molecular complexity index is 419. The van der Waals surface area contributed by atoms with Crippen LogP contribution in [0.15, 0.2) is 0 Å². The summed E-state index contributed by atoms with van der Waals surface area (Å²) in [5, 5.41) is 11.7. The SMILES string of the molecule is Cc1c(Cl)nnc(NCCOC2CCCCC2)c1C. The van der Waals surface area contributed by atoms with Crippen molar-refractivity contribution >= 4 is 17.4 Å². The van der Waals surface area contributed by atoms with Crippen LogP contribution in [0, 0.1) is 13.8 Å². The van der Waals surface area contributed by atoms with Crippen molar-refractivity contribution in [1.29, 1.82) is 0 Å². The summed E-state index contributed by atoms with van der Waals surface area (Å²) >= 11 is 5.92. The second kappa shape index (κ2) is 7.06. The van der Waals surface area contributed by atoms with E-state index >= 15 is 0 Å². The topological polar surface area (TPSA) is 47.0 Å². The molecule has 1 fully saturated rings. The molecule has 1 aliphatic rings. The van der Waals surface area contributed by atoms with Crippen molar-refractivity contribution in [2.45, 2.75) is 52.1 Å². The third kappa shape index (κ3) is 4.05. The molecule has 1 saturated carbocycles. The Hall–Kier alpha value is -0.870. The van der Waals surface area contributed by atoms with Gasteiger partial charge in [-0.25, -0.2) is 0 Å². The van der Waals surface area contributed by atoms with Crippen molar-refractivity contribution < 1.29 is 4.74 Å². The fourth-order valence-corrected chi connectivity index (χ4v) is 2.55. The lowest BCUT2D eigenvalue weighted by Crippen LogP contribution is -2.21. The summed E-state index contributed by atoms with van der Waals surface area (Å²) in [5.74, 6) is 0.800. The molecule has 2 rings (SSSR count). The third-order valence-electron chi connectivity index (χ3n) is 3.77. The molecule has 106 valence electrons. The molecule has 0 aromatic carbocycles. The molecular formula is C14H22ClN3O. The van der Waals surface area contributed by atoms with Crippen molar-refractivity contribution in [1.82, 2.24) is 10.2 Å². The highest BCUT2D eigenvalue weighted by Gasteiger charge is 2.13. The highest BCUT2D eigenvalue weighted by atomic mass is 35.5. The van der Waals surface area contributed by atoms with Gasteiger partial charge in [-0.15, -0.1) is 10.2 Å². The van der Waals surface area contributed by atoms with Crippen LogP contribution in [0.5, 0.6) is 0 Å². The average molecular weight is 284 g/mol. The zero-order valence-electron chi connectivity index (χ0n) is 11.7. The lowest BCUT2D eigenvalue weighted by atomic mass is 9.98. The molecule has 1 heterocycles. The van der Waals surface area contributed by atoms with Crippen LogP contribution in [0.2, 0.25) is 5.15 Å². The lowest BCUT2D eigenvalue weighted by molar-refractivity contribution is 0.0347. The average Bonchev–Trinajstić information content (AvgIpc) is 2.44. The summed E-state index contributed by atoms with van der Waals surface area (Å²) in [7, 11) is 0. The Morgan fingerprint density at radius 3 is 2.63 bits per heavy atom. The molecule has 0 aliphatic heterocycles. The van der Waals surface area contributed by atoms with E-state index in [4.69, 9.17) is 16.3 Å². The summed E-state index contributed by atoms with van der Waals surface area (Å²) in [4.78, 5) is 0. The number of hydrogen-bond donors (Lipinski definition) is 1. The molecule has 0 atom stereocenters. The van der Waals surface area contributed by atoms with Crippen molar-refractivity contribution in [3.8, 4) is 0 Å². The van der Waals surface area contributed by atoms with Crippen LogP contribution in [-0.2, 0) is 4.74 Å². The molecule has 0 bridgehead atoms. The number of halogens is 1. The molecule has 0 radical (unpaired) electrons. The number of nitrogens with one attached hydrogen (secondary N) is 1. The number of rotatable bonds is 5. The second-order valence-corrected chi connectivity index (χ2v) is 5.51.